The lowest BCUT2D eigenvalue weighted by atomic mass is 10.2. The van der Waals surface area contributed by atoms with Crippen molar-refractivity contribution in [2.24, 2.45) is 0 Å². The number of halogens is 2. The quantitative estimate of drug-likeness (QED) is 0.720. The van der Waals surface area contributed by atoms with E-state index in [9.17, 15) is 9.59 Å². The minimum Gasteiger partial charge on any atom is -0.410 e. The number of benzene rings is 1. The van der Waals surface area contributed by atoms with Crippen molar-refractivity contribution < 1.29 is 4.43 Å². The molecule has 0 saturated carbocycles. The second kappa shape index (κ2) is 6.40. The molecule has 1 aliphatic rings. The van der Waals surface area contributed by atoms with E-state index in [2.05, 4.69) is 33.9 Å². The molecule has 3 rings (SSSR count). The highest BCUT2D eigenvalue weighted by atomic mass is 35.5. The molecular formula is C17H23Cl2N3O3Si. The Labute approximate surface area is 163 Å². The molecule has 0 fully saturated rings. The lowest BCUT2D eigenvalue weighted by Gasteiger charge is -2.38. The van der Waals surface area contributed by atoms with Gasteiger partial charge in [-0.3, -0.25) is 0 Å². The second-order valence-electron chi connectivity index (χ2n) is 8.19. The number of nitrogens with zero attached hydrogens (tertiary/aromatic N) is 3. The molecule has 9 heteroatoms. The van der Waals surface area contributed by atoms with Gasteiger partial charge in [0.1, 0.15) is 0 Å². The molecule has 0 bridgehead atoms. The first-order valence-electron chi connectivity index (χ1n) is 8.48. The summed E-state index contributed by atoms with van der Waals surface area (Å²) in [6, 6.07) is 4.66. The zero-order chi connectivity index (χ0) is 19.4. The van der Waals surface area contributed by atoms with E-state index in [-0.39, 0.29) is 11.1 Å². The van der Waals surface area contributed by atoms with Crippen LogP contribution in [-0.4, -0.2) is 28.4 Å². The maximum Gasteiger partial charge on any atom is 0.351 e. The van der Waals surface area contributed by atoms with Crippen LogP contribution in [-0.2, 0) is 17.5 Å². The Kier molecular flexibility index (Phi) is 4.80. The molecule has 0 spiro atoms. The molecule has 2 aromatic rings. The Morgan fingerprint density at radius 1 is 1.00 bits per heavy atom. The molecule has 0 radical (unpaired) electrons. The van der Waals surface area contributed by atoms with E-state index in [1.165, 1.54) is 9.36 Å². The highest BCUT2D eigenvalue weighted by Gasteiger charge is 2.41. The SMILES string of the molecule is CC(C)(C)[Si](C)(C)OC1Cn2c(=O)n(-c3cc(Cl)cc(Cl)c3)c(=O)n2C1. The summed E-state index contributed by atoms with van der Waals surface area (Å²) in [6.45, 7) is 11.5. The summed E-state index contributed by atoms with van der Waals surface area (Å²) in [7, 11) is -1.98. The van der Waals surface area contributed by atoms with Crippen molar-refractivity contribution in [2.75, 3.05) is 0 Å². The van der Waals surface area contributed by atoms with Gasteiger partial charge in [0, 0.05) is 10.0 Å². The van der Waals surface area contributed by atoms with Gasteiger partial charge < -0.3 is 4.43 Å². The Morgan fingerprint density at radius 3 is 1.88 bits per heavy atom. The van der Waals surface area contributed by atoms with Crippen LogP contribution in [0.25, 0.3) is 5.69 Å². The lowest BCUT2D eigenvalue weighted by molar-refractivity contribution is 0.174. The molecule has 0 aliphatic carbocycles. The standard InChI is InChI=1S/C17H23Cl2N3O3Si/c1-17(2,3)26(4,5)25-14-9-20-15(23)22(16(24)21(20)10-14)13-7-11(18)6-12(19)8-13/h6-8,14H,9-10H2,1-5H3. The summed E-state index contributed by atoms with van der Waals surface area (Å²) in [6.07, 6.45) is -0.172. The molecule has 0 atom stereocenters. The van der Waals surface area contributed by atoms with Crippen molar-refractivity contribution in [1.29, 1.82) is 0 Å². The molecule has 1 aliphatic heterocycles. The van der Waals surface area contributed by atoms with Crippen LogP contribution in [0.2, 0.25) is 28.2 Å². The monoisotopic (exact) mass is 415 g/mol. The van der Waals surface area contributed by atoms with Crippen molar-refractivity contribution in [2.45, 2.75) is 58.1 Å². The van der Waals surface area contributed by atoms with Crippen molar-refractivity contribution in [3.63, 3.8) is 0 Å². The first-order chi connectivity index (χ1) is 11.9. The van der Waals surface area contributed by atoms with E-state index < -0.39 is 19.7 Å². The average Bonchev–Trinajstić information content (AvgIpc) is 2.96. The van der Waals surface area contributed by atoms with Gasteiger partial charge in [0.25, 0.3) is 0 Å². The fourth-order valence-corrected chi connectivity index (χ4v) is 4.72. The van der Waals surface area contributed by atoms with Crippen LogP contribution in [0.3, 0.4) is 0 Å². The van der Waals surface area contributed by atoms with Gasteiger partial charge in [-0.05, 0) is 36.3 Å². The maximum absolute atomic E-state index is 12.8. The summed E-state index contributed by atoms with van der Waals surface area (Å²) in [5, 5.41) is 0.802. The van der Waals surface area contributed by atoms with Crippen LogP contribution < -0.4 is 11.4 Å². The van der Waals surface area contributed by atoms with Crippen LogP contribution in [0.1, 0.15) is 20.8 Å². The fraction of sp³-hybridized carbons (Fsp3) is 0.529. The van der Waals surface area contributed by atoms with Crippen LogP contribution in [0.5, 0.6) is 0 Å². The van der Waals surface area contributed by atoms with Gasteiger partial charge in [0.05, 0.1) is 24.9 Å². The minimum absolute atomic E-state index is 0.0625. The third kappa shape index (κ3) is 3.33. The molecule has 26 heavy (non-hydrogen) atoms. The number of aromatic nitrogens is 3. The number of hydrogen-bond donors (Lipinski definition) is 0. The Bertz CT molecular complexity index is 911. The molecule has 1 aromatic carbocycles. The van der Waals surface area contributed by atoms with E-state index in [0.717, 1.165) is 4.57 Å². The topological polar surface area (TPSA) is 58.2 Å². The van der Waals surface area contributed by atoms with Gasteiger partial charge in [-0.25, -0.2) is 23.5 Å². The van der Waals surface area contributed by atoms with Crippen molar-refractivity contribution in [3.8, 4) is 5.69 Å². The zero-order valence-electron chi connectivity index (χ0n) is 15.5. The molecule has 142 valence electrons. The molecular weight excluding hydrogens is 393 g/mol. The molecule has 1 aromatic heterocycles. The molecule has 6 nitrogen and oxygen atoms in total. The second-order valence-corrected chi connectivity index (χ2v) is 13.8. The lowest BCUT2D eigenvalue weighted by Crippen LogP contribution is -2.45. The van der Waals surface area contributed by atoms with E-state index in [0.29, 0.717) is 28.8 Å². The van der Waals surface area contributed by atoms with Crippen molar-refractivity contribution >= 4 is 31.5 Å². The first-order valence-corrected chi connectivity index (χ1v) is 12.1. The summed E-state index contributed by atoms with van der Waals surface area (Å²) in [5.41, 5.74) is -0.446. The third-order valence-corrected chi connectivity index (χ3v) is 10.2. The van der Waals surface area contributed by atoms with E-state index in [4.69, 9.17) is 27.6 Å². The summed E-state index contributed by atoms with van der Waals surface area (Å²) < 4.78 is 10.3. The van der Waals surface area contributed by atoms with Crippen LogP contribution >= 0.6 is 23.2 Å². The van der Waals surface area contributed by atoms with Gasteiger partial charge >= 0.3 is 11.4 Å². The normalized spacial score (nSPS) is 15.5. The third-order valence-electron chi connectivity index (χ3n) is 5.24. The number of rotatable bonds is 3. The summed E-state index contributed by atoms with van der Waals surface area (Å²) >= 11 is 12.0. The molecule has 0 saturated heterocycles. The smallest absolute Gasteiger partial charge is 0.351 e. The molecule has 0 unspecified atom stereocenters. The van der Waals surface area contributed by atoms with E-state index in [1.807, 2.05) is 0 Å². The van der Waals surface area contributed by atoms with Gasteiger partial charge in [-0.1, -0.05) is 44.0 Å². The zero-order valence-corrected chi connectivity index (χ0v) is 18.1. The van der Waals surface area contributed by atoms with Gasteiger partial charge in [0.15, 0.2) is 8.32 Å². The molecule has 0 amide bonds. The van der Waals surface area contributed by atoms with Crippen LogP contribution in [0, 0.1) is 0 Å². The highest BCUT2D eigenvalue weighted by molar-refractivity contribution is 6.74. The van der Waals surface area contributed by atoms with Gasteiger partial charge in [-0.15, -0.1) is 0 Å². The fourth-order valence-electron chi connectivity index (χ4n) is 2.87. The van der Waals surface area contributed by atoms with Gasteiger partial charge in [-0.2, -0.15) is 0 Å². The Hall–Kier alpha value is -1.28. The Balaban J connectivity index is 1.94. The predicted octanol–water partition coefficient (Wildman–Crippen LogP) is 3.51. The number of fused-ring (bicyclic) bond motifs is 1. The van der Waals surface area contributed by atoms with E-state index in [1.54, 1.807) is 18.2 Å². The van der Waals surface area contributed by atoms with Crippen molar-refractivity contribution in [3.05, 3.63) is 49.2 Å². The van der Waals surface area contributed by atoms with E-state index >= 15 is 0 Å². The van der Waals surface area contributed by atoms with Crippen LogP contribution in [0.4, 0.5) is 0 Å². The van der Waals surface area contributed by atoms with Crippen molar-refractivity contribution in [1.82, 2.24) is 13.9 Å². The summed E-state index contributed by atoms with van der Waals surface area (Å²) in [4.78, 5) is 25.6. The largest absolute Gasteiger partial charge is 0.410 e. The minimum atomic E-state index is -1.98. The maximum atomic E-state index is 12.8. The molecule has 2 heterocycles. The average molecular weight is 416 g/mol. The summed E-state index contributed by atoms with van der Waals surface area (Å²) in [5.74, 6) is 0. The Morgan fingerprint density at radius 2 is 1.46 bits per heavy atom. The van der Waals surface area contributed by atoms with Crippen LogP contribution in [0.15, 0.2) is 27.8 Å². The highest BCUT2D eigenvalue weighted by Crippen LogP contribution is 2.37. The molecule has 0 N–H and O–H groups in total. The number of hydrogen-bond acceptors (Lipinski definition) is 3. The predicted molar refractivity (Wildman–Crippen MR) is 106 cm³/mol. The first kappa shape index (κ1) is 19.5. The van der Waals surface area contributed by atoms with Gasteiger partial charge in [0.2, 0.25) is 0 Å².